The van der Waals surface area contributed by atoms with E-state index in [1.54, 1.807) is 12.3 Å². The summed E-state index contributed by atoms with van der Waals surface area (Å²) in [7, 11) is 0. The van der Waals surface area contributed by atoms with Crippen LogP contribution in [0.15, 0.2) is 22.9 Å². The average molecular weight is 327 g/mol. The molecule has 0 bridgehead atoms. The number of pyridine rings is 1. The molecule has 2 rings (SSSR count). The van der Waals surface area contributed by atoms with Gasteiger partial charge in [-0.05, 0) is 40.8 Å². The molecule has 5 nitrogen and oxygen atoms in total. The van der Waals surface area contributed by atoms with Crippen LogP contribution >= 0.6 is 15.9 Å². The van der Waals surface area contributed by atoms with Crippen LogP contribution in [0.2, 0.25) is 0 Å². The number of nitrogens with one attached hydrogen (secondary N) is 1. The predicted molar refractivity (Wildman–Crippen MR) is 72.7 cm³/mol. The zero-order valence-electron chi connectivity index (χ0n) is 10.3. The number of amides is 1. The van der Waals surface area contributed by atoms with Gasteiger partial charge in [0.05, 0.1) is 11.5 Å². The SMILES string of the molecule is O=C(NCC1CCCC1C(=O)O)c1cncc(Br)c1. The van der Waals surface area contributed by atoms with Crippen molar-refractivity contribution in [1.29, 1.82) is 0 Å². The van der Waals surface area contributed by atoms with E-state index in [0.29, 0.717) is 18.5 Å². The lowest BCUT2D eigenvalue weighted by atomic mass is 9.96. The third kappa shape index (κ3) is 3.53. The summed E-state index contributed by atoms with van der Waals surface area (Å²) in [5.41, 5.74) is 0.472. The number of carboxylic acids is 1. The second-order valence-corrected chi connectivity index (χ2v) is 5.65. The summed E-state index contributed by atoms with van der Waals surface area (Å²) in [4.78, 5) is 26.9. The molecule has 0 radical (unpaired) electrons. The number of aromatic nitrogens is 1. The van der Waals surface area contributed by atoms with E-state index in [1.165, 1.54) is 6.20 Å². The van der Waals surface area contributed by atoms with E-state index in [2.05, 4.69) is 26.2 Å². The molecule has 1 aromatic heterocycles. The van der Waals surface area contributed by atoms with Gasteiger partial charge in [-0.3, -0.25) is 14.6 Å². The fourth-order valence-corrected chi connectivity index (χ4v) is 2.83. The van der Waals surface area contributed by atoms with Crippen molar-refractivity contribution in [3.05, 3.63) is 28.5 Å². The van der Waals surface area contributed by atoms with E-state index in [1.807, 2.05) is 0 Å². The molecule has 1 amide bonds. The van der Waals surface area contributed by atoms with Crippen LogP contribution in [0.1, 0.15) is 29.6 Å². The van der Waals surface area contributed by atoms with Gasteiger partial charge in [0.2, 0.25) is 0 Å². The lowest BCUT2D eigenvalue weighted by Crippen LogP contribution is -2.33. The molecule has 1 heterocycles. The van der Waals surface area contributed by atoms with E-state index < -0.39 is 5.97 Å². The Morgan fingerprint density at radius 2 is 2.21 bits per heavy atom. The van der Waals surface area contributed by atoms with Gasteiger partial charge in [-0.15, -0.1) is 0 Å². The second kappa shape index (κ2) is 6.14. The van der Waals surface area contributed by atoms with E-state index in [9.17, 15) is 9.59 Å². The van der Waals surface area contributed by atoms with Gasteiger partial charge in [0.1, 0.15) is 0 Å². The maximum atomic E-state index is 11.9. The third-order valence-corrected chi connectivity index (χ3v) is 3.90. The Morgan fingerprint density at radius 3 is 2.89 bits per heavy atom. The zero-order valence-corrected chi connectivity index (χ0v) is 11.9. The first-order chi connectivity index (χ1) is 9.08. The summed E-state index contributed by atoms with van der Waals surface area (Å²) < 4.78 is 0.740. The predicted octanol–water partition coefficient (Wildman–Crippen LogP) is 2.07. The minimum absolute atomic E-state index is 0.0292. The standard InChI is InChI=1S/C13H15BrN2O3/c14-10-4-9(5-15-7-10)12(17)16-6-8-2-1-3-11(8)13(18)19/h4-5,7-8,11H,1-3,6H2,(H,16,17)(H,18,19). The molecule has 1 aromatic rings. The van der Waals surface area contributed by atoms with E-state index in [0.717, 1.165) is 17.3 Å². The number of hydrogen-bond donors (Lipinski definition) is 2. The van der Waals surface area contributed by atoms with Crippen molar-refractivity contribution in [2.45, 2.75) is 19.3 Å². The fourth-order valence-electron chi connectivity index (χ4n) is 2.47. The van der Waals surface area contributed by atoms with Gasteiger partial charge >= 0.3 is 5.97 Å². The molecule has 0 aliphatic heterocycles. The summed E-state index contributed by atoms with van der Waals surface area (Å²) in [6.07, 6.45) is 5.57. The summed E-state index contributed by atoms with van der Waals surface area (Å²) in [6, 6.07) is 1.69. The average Bonchev–Trinajstić information content (AvgIpc) is 2.84. The molecule has 2 unspecified atom stereocenters. The number of carboxylic acid groups (broad SMARTS) is 1. The van der Waals surface area contributed by atoms with Crippen LogP contribution in [0.4, 0.5) is 0 Å². The van der Waals surface area contributed by atoms with Crippen molar-refractivity contribution in [3.63, 3.8) is 0 Å². The normalized spacial score (nSPS) is 22.2. The Kier molecular flexibility index (Phi) is 4.52. The quantitative estimate of drug-likeness (QED) is 0.887. The van der Waals surface area contributed by atoms with Crippen LogP contribution in [0.5, 0.6) is 0 Å². The fraction of sp³-hybridized carbons (Fsp3) is 0.462. The Balaban J connectivity index is 1.92. The summed E-state index contributed by atoms with van der Waals surface area (Å²) in [6.45, 7) is 0.405. The van der Waals surface area contributed by atoms with Gasteiger partial charge < -0.3 is 10.4 Å². The number of aliphatic carboxylic acids is 1. The minimum Gasteiger partial charge on any atom is -0.481 e. The van der Waals surface area contributed by atoms with Crippen LogP contribution in [0.3, 0.4) is 0 Å². The summed E-state index contributed by atoms with van der Waals surface area (Å²) in [5.74, 6) is -1.28. The summed E-state index contributed by atoms with van der Waals surface area (Å²) in [5, 5.41) is 11.9. The van der Waals surface area contributed by atoms with Crippen LogP contribution in [0, 0.1) is 11.8 Å². The molecule has 6 heteroatoms. The molecular formula is C13H15BrN2O3. The highest BCUT2D eigenvalue weighted by atomic mass is 79.9. The van der Waals surface area contributed by atoms with Gasteiger partial charge in [0.25, 0.3) is 5.91 Å². The smallest absolute Gasteiger partial charge is 0.306 e. The number of nitrogens with zero attached hydrogens (tertiary/aromatic N) is 1. The molecule has 0 spiro atoms. The Labute approximate surface area is 119 Å². The Bertz CT molecular complexity index is 493. The molecule has 0 saturated heterocycles. The highest BCUT2D eigenvalue weighted by molar-refractivity contribution is 9.10. The zero-order chi connectivity index (χ0) is 13.8. The van der Waals surface area contributed by atoms with Gasteiger partial charge in [-0.1, -0.05) is 6.42 Å². The lowest BCUT2D eigenvalue weighted by molar-refractivity contribution is -0.142. The van der Waals surface area contributed by atoms with Crippen LogP contribution in [0.25, 0.3) is 0 Å². The number of hydrogen-bond acceptors (Lipinski definition) is 3. The van der Waals surface area contributed by atoms with Gasteiger partial charge in [0.15, 0.2) is 0 Å². The van der Waals surface area contributed by atoms with Gasteiger partial charge in [0, 0.05) is 23.4 Å². The molecule has 102 valence electrons. The first-order valence-electron chi connectivity index (χ1n) is 6.19. The van der Waals surface area contributed by atoms with E-state index in [-0.39, 0.29) is 17.7 Å². The van der Waals surface area contributed by atoms with Crippen molar-refractivity contribution in [2.24, 2.45) is 11.8 Å². The molecule has 1 saturated carbocycles. The summed E-state index contributed by atoms with van der Waals surface area (Å²) >= 11 is 3.26. The molecular weight excluding hydrogens is 312 g/mol. The van der Waals surface area contributed by atoms with Crippen molar-refractivity contribution in [3.8, 4) is 0 Å². The number of carbonyl (C=O) groups excluding carboxylic acids is 1. The topological polar surface area (TPSA) is 79.3 Å². The Morgan fingerprint density at radius 1 is 1.42 bits per heavy atom. The third-order valence-electron chi connectivity index (χ3n) is 3.47. The maximum absolute atomic E-state index is 11.9. The first kappa shape index (κ1) is 14.0. The molecule has 19 heavy (non-hydrogen) atoms. The van der Waals surface area contributed by atoms with Crippen molar-refractivity contribution in [1.82, 2.24) is 10.3 Å². The molecule has 1 fully saturated rings. The maximum Gasteiger partial charge on any atom is 0.306 e. The van der Waals surface area contributed by atoms with Crippen LogP contribution < -0.4 is 5.32 Å². The Hall–Kier alpha value is -1.43. The molecule has 1 aliphatic carbocycles. The highest BCUT2D eigenvalue weighted by Gasteiger charge is 2.32. The number of carbonyl (C=O) groups is 2. The minimum atomic E-state index is -0.763. The highest BCUT2D eigenvalue weighted by Crippen LogP contribution is 2.31. The van der Waals surface area contributed by atoms with Crippen molar-refractivity contribution in [2.75, 3.05) is 6.54 Å². The first-order valence-corrected chi connectivity index (χ1v) is 6.99. The van der Waals surface area contributed by atoms with Crippen molar-refractivity contribution >= 4 is 27.8 Å². The lowest BCUT2D eigenvalue weighted by Gasteiger charge is -2.16. The van der Waals surface area contributed by atoms with Crippen LogP contribution in [-0.2, 0) is 4.79 Å². The van der Waals surface area contributed by atoms with E-state index >= 15 is 0 Å². The largest absolute Gasteiger partial charge is 0.481 e. The molecule has 2 N–H and O–H groups in total. The van der Waals surface area contributed by atoms with E-state index in [4.69, 9.17) is 5.11 Å². The molecule has 0 aromatic carbocycles. The van der Waals surface area contributed by atoms with Gasteiger partial charge in [-0.25, -0.2) is 0 Å². The molecule has 1 aliphatic rings. The second-order valence-electron chi connectivity index (χ2n) is 4.74. The number of halogens is 1. The van der Waals surface area contributed by atoms with Crippen LogP contribution in [-0.4, -0.2) is 28.5 Å². The molecule has 2 atom stereocenters. The number of rotatable bonds is 4. The van der Waals surface area contributed by atoms with Gasteiger partial charge in [-0.2, -0.15) is 0 Å². The van der Waals surface area contributed by atoms with Crippen molar-refractivity contribution < 1.29 is 14.7 Å². The monoisotopic (exact) mass is 326 g/mol.